The van der Waals surface area contributed by atoms with Gasteiger partial charge in [-0.15, -0.1) is 0 Å². The molecule has 0 aliphatic carbocycles. The Morgan fingerprint density at radius 1 is 1.29 bits per heavy atom. The summed E-state index contributed by atoms with van der Waals surface area (Å²) < 4.78 is 0. The van der Waals surface area contributed by atoms with E-state index in [0.717, 1.165) is 6.54 Å². The predicted molar refractivity (Wildman–Crippen MR) is 34.6 cm³/mol. The van der Waals surface area contributed by atoms with Crippen molar-refractivity contribution >= 4 is 0 Å². The molecule has 48 valence electrons. The highest BCUT2D eigenvalue weighted by molar-refractivity contribution is 4.15. The Hall–Kier alpha value is -0.0800. The van der Waals surface area contributed by atoms with Gasteiger partial charge in [-0.25, -0.2) is 0 Å². The van der Waals surface area contributed by atoms with Crippen molar-refractivity contribution in [2.24, 2.45) is 0 Å². The van der Waals surface area contributed by atoms with Crippen LogP contribution in [0.25, 0.3) is 0 Å². The molecule has 0 fully saturated rings. The molecular formula is C5H17NO. The van der Waals surface area contributed by atoms with Crippen LogP contribution >= 0.6 is 0 Å². The van der Waals surface area contributed by atoms with E-state index in [1.807, 2.05) is 20.9 Å². The molecule has 2 nitrogen and oxygen atoms in total. The Morgan fingerprint density at radius 2 is 1.43 bits per heavy atom. The first-order valence-corrected chi connectivity index (χ1v) is 2.56. The average molecular weight is 107 g/mol. The Morgan fingerprint density at radius 3 is 1.43 bits per heavy atom. The van der Waals surface area contributed by atoms with Crippen molar-refractivity contribution in [2.75, 3.05) is 13.6 Å². The molecule has 0 spiro atoms. The van der Waals surface area contributed by atoms with E-state index in [1.54, 1.807) is 0 Å². The van der Waals surface area contributed by atoms with Crippen molar-refractivity contribution in [3.8, 4) is 0 Å². The molecule has 0 atom stereocenters. The molecule has 3 N–H and O–H groups in total. The van der Waals surface area contributed by atoms with Crippen molar-refractivity contribution in [2.45, 2.75) is 20.8 Å². The molecule has 7 heavy (non-hydrogen) atoms. The first-order valence-electron chi connectivity index (χ1n) is 2.56. The SMILES string of the molecule is CC.CCNC.O. The largest absolute Gasteiger partial charge is 0.412 e. The zero-order valence-corrected chi connectivity index (χ0v) is 5.71. The normalized spacial score (nSPS) is 5.14. The van der Waals surface area contributed by atoms with Crippen LogP contribution in [-0.4, -0.2) is 19.1 Å². The van der Waals surface area contributed by atoms with Gasteiger partial charge in [0, 0.05) is 0 Å². The lowest BCUT2D eigenvalue weighted by molar-refractivity contribution is 0.824. The number of hydrogen-bond acceptors (Lipinski definition) is 1. The molecule has 0 rings (SSSR count). The fourth-order valence-corrected chi connectivity index (χ4v) is 0. The van der Waals surface area contributed by atoms with Crippen molar-refractivity contribution in [3.05, 3.63) is 0 Å². The van der Waals surface area contributed by atoms with Gasteiger partial charge in [0.25, 0.3) is 0 Å². The maximum atomic E-state index is 2.93. The molecule has 0 bridgehead atoms. The lowest BCUT2D eigenvalue weighted by Crippen LogP contribution is -2.01. The molecule has 0 radical (unpaired) electrons. The maximum absolute atomic E-state index is 2.93. The number of hydrogen-bond donors (Lipinski definition) is 1. The van der Waals surface area contributed by atoms with E-state index in [2.05, 4.69) is 12.2 Å². The topological polar surface area (TPSA) is 43.5 Å². The van der Waals surface area contributed by atoms with Gasteiger partial charge in [0.2, 0.25) is 0 Å². The zero-order chi connectivity index (χ0) is 5.41. The molecule has 0 aromatic rings. The Bertz CT molecular complexity index is 10.0. The standard InChI is InChI=1S/C3H9N.C2H6.H2O/c1-3-4-2;1-2;/h4H,3H2,1-2H3;1-2H3;1H2. The highest BCUT2D eigenvalue weighted by atomic mass is 16.0. The molecule has 0 aromatic carbocycles. The summed E-state index contributed by atoms with van der Waals surface area (Å²) in [6.07, 6.45) is 0. The summed E-state index contributed by atoms with van der Waals surface area (Å²) in [6, 6.07) is 0. The first-order chi connectivity index (χ1) is 2.91. The summed E-state index contributed by atoms with van der Waals surface area (Å²) in [4.78, 5) is 0. The smallest absolute Gasteiger partial charge is 0.00804 e. The van der Waals surface area contributed by atoms with Gasteiger partial charge in [0.15, 0.2) is 0 Å². The van der Waals surface area contributed by atoms with Gasteiger partial charge in [0.1, 0.15) is 0 Å². The molecule has 0 saturated carbocycles. The van der Waals surface area contributed by atoms with Crippen LogP contribution in [0.4, 0.5) is 0 Å². The fraction of sp³-hybridized carbons (Fsp3) is 1.00. The van der Waals surface area contributed by atoms with E-state index in [4.69, 9.17) is 0 Å². The van der Waals surface area contributed by atoms with E-state index in [9.17, 15) is 0 Å². The second kappa shape index (κ2) is 38.9. The summed E-state index contributed by atoms with van der Waals surface area (Å²) >= 11 is 0. The van der Waals surface area contributed by atoms with Crippen LogP contribution in [0.1, 0.15) is 20.8 Å². The molecule has 0 saturated heterocycles. The van der Waals surface area contributed by atoms with Gasteiger partial charge in [-0.3, -0.25) is 0 Å². The van der Waals surface area contributed by atoms with Crippen LogP contribution in [0.15, 0.2) is 0 Å². The summed E-state index contributed by atoms with van der Waals surface area (Å²) in [5.74, 6) is 0. The number of nitrogens with one attached hydrogen (secondary N) is 1. The first kappa shape index (κ1) is 15.8. The van der Waals surface area contributed by atoms with Crippen LogP contribution in [0.2, 0.25) is 0 Å². The van der Waals surface area contributed by atoms with E-state index in [0.29, 0.717) is 0 Å². The van der Waals surface area contributed by atoms with Crippen molar-refractivity contribution in [1.82, 2.24) is 5.32 Å². The van der Waals surface area contributed by atoms with Crippen molar-refractivity contribution in [3.63, 3.8) is 0 Å². The minimum atomic E-state index is 0. The molecule has 0 heterocycles. The van der Waals surface area contributed by atoms with Gasteiger partial charge in [-0.2, -0.15) is 0 Å². The molecule has 0 aliphatic rings. The van der Waals surface area contributed by atoms with Crippen molar-refractivity contribution in [1.29, 1.82) is 0 Å². The van der Waals surface area contributed by atoms with Crippen LogP contribution in [0, 0.1) is 0 Å². The average Bonchev–Trinajstić information content (AvgIpc) is 1.72. The summed E-state index contributed by atoms with van der Waals surface area (Å²) in [7, 11) is 1.93. The van der Waals surface area contributed by atoms with Gasteiger partial charge in [-0.1, -0.05) is 20.8 Å². The van der Waals surface area contributed by atoms with Crippen molar-refractivity contribution < 1.29 is 5.48 Å². The van der Waals surface area contributed by atoms with Crippen LogP contribution in [0.5, 0.6) is 0 Å². The van der Waals surface area contributed by atoms with Crippen LogP contribution < -0.4 is 5.32 Å². The summed E-state index contributed by atoms with van der Waals surface area (Å²) in [6.45, 7) is 7.14. The summed E-state index contributed by atoms with van der Waals surface area (Å²) in [5.41, 5.74) is 0. The van der Waals surface area contributed by atoms with E-state index in [1.165, 1.54) is 0 Å². The third kappa shape index (κ3) is 107. The second-order valence-corrected chi connectivity index (χ2v) is 0.707. The quantitative estimate of drug-likeness (QED) is 0.518. The van der Waals surface area contributed by atoms with Gasteiger partial charge in [0.05, 0.1) is 0 Å². The van der Waals surface area contributed by atoms with Crippen LogP contribution in [-0.2, 0) is 0 Å². The lowest BCUT2D eigenvalue weighted by atomic mass is 10.8. The molecule has 0 aromatic heterocycles. The molecule has 0 unspecified atom stereocenters. The number of rotatable bonds is 1. The zero-order valence-electron chi connectivity index (χ0n) is 5.71. The van der Waals surface area contributed by atoms with Gasteiger partial charge >= 0.3 is 0 Å². The highest BCUT2D eigenvalue weighted by Crippen LogP contribution is 1.34. The van der Waals surface area contributed by atoms with E-state index in [-0.39, 0.29) is 5.48 Å². The molecule has 0 amide bonds. The second-order valence-electron chi connectivity index (χ2n) is 0.707. The highest BCUT2D eigenvalue weighted by Gasteiger charge is 1.50. The maximum Gasteiger partial charge on any atom is -0.00804 e. The fourth-order valence-electron chi connectivity index (χ4n) is 0. The summed E-state index contributed by atoms with van der Waals surface area (Å²) in [5, 5.41) is 2.93. The molecule has 2 heteroatoms. The van der Waals surface area contributed by atoms with Gasteiger partial charge in [-0.05, 0) is 13.6 Å². The van der Waals surface area contributed by atoms with E-state index >= 15 is 0 Å². The third-order valence-corrected chi connectivity index (χ3v) is 0.354. The minimum absolute atomic E-state index is 0. The predicted octanol–water partition coefficient (Wildman–Crippen LogP) is 0.427. The third-order valence-electron chi connectivity index (χ3n) is 0.354. The van der Waals surface area contributed by atoms with E-state index < -0.39 is 0 Å². The Labute approximate surface area is 46.2 Å². The molecule has 0 aliphatic heterocycles. The Balaban J connectivity index is -0.0000000480. The monoisotopic (exact) mass is 107 g/mol. The molecular weight excluding hydrogens is 90.1 g/mol. The van der Waals surface area contributed by atoms with Gasteiger partial charge < -0.3 is 10.8 Å². The lowest BCUT2D eigenvalue weighted by Gasteiger charge is -1.76. The van der Waals surface area contributed by atoms with Crippen LogP contribution in [0.3, 0.4) is 0 Å². The Kier molecular flexibility index (Phi) is 87.6. The minimum Gasteiger partial charge on any atom is -0.412 e.